The fourth-order valence-electron chi connectivity index (χ4n) is 2.61. The third kappa shape index (κ3) is 1.32. The third-order valence-corrected chi connectivity index (χ3v) is 3.52. The Morgan fingerprint density at radius 1 is 1.00 bits per heavy atom. The van der Waals surface area contributed by atoms with E-state index in [-0.39, 0.29) is 0 Å². The Hall–Kier alpha value is -2.35. The monoisotopic (exact) mass is 233 g/mol. The van der Waals surface area contributed by atoms with Gasteiger partial charge in [0.05, 0.1) is 6.21 Å². The van der Waals surface area contributed by atoms with Crippen LogP contribution in [0.25, 0.3) is 12.2 Å². The van der Waals surface area contributed by atoms with E-state index in [1.54, 1.807) is 6.21 Å². The van der Waals surface area contributed by atoms with Gasteiger partial charge in [0.25, 0.3) is 0 Å². The minimum Gasteiger partial charge on any atom is -0.356 e. The molecule has 2 heteroatoms. The van der Waals surface area contributed by atoms with E-state index in [1.807, 2.05) is 6.08 Å². The molecule has 0 saturated carbocycles. The van der Waals surface area contributed by atoms with Crippen molar-refractivity contribution in [3.8, 4) is 5.75 Å². The van der Waals surface area contributed by atoms with Gasteiger partial charge in [0.2, 0.25) is 0 Å². The first-order valence-electron chi connectivity index (χ1n) is 6.04. The van der Waals surface area contributed by atoms with Gasteiger partial charge >= 0.3 is 0 Å². The van der Waals surface area contributed by atoms with Gasteiger partial charge in [0, 0.05) is 17.2 Å². The van der Waals surface area contributed by atoms with Crippen LogP contribution in [0.1, 0.15) is 16.7 Å². The van der Waals surface area contributed by atoms with Gasteiger partial charge in [0.15, 0.2) is 5.75 Å². The lowest BCUT2D eigenvalue weighted by Crippen LogP contribution is -2.23. The maximum atomic E-state index is 5.46. The Labute approximate surface area is 105 Å². The average molecular weight is 233 g/mol. The first-order chi connectivity index (χ1) is 8.92. The van der Waals surface area contributed by atoms with Crippen LogP contribution >= 0.6 is 0 Å². The Bertz CT molecular complexity index is 787. The molecule has 0 amide bonds. The van der Waals surface area contributed by atoms with E-state index >= 15 is 0 Å². The highest BCUT2D eigenvalue weighted by Crippen LogP contribution is 2.22. The molecular formula is C16H11NO. The molecule has 2 aromatic carbocycles. The van der Waals surface area contributed by atoms with Crippen molar-refractivity contribution in [1.82, 2.24) is 0 Å². The highest BCUT2D eigenvalue weighted by Gasteiger charge is 2.15. The first kappa shape index (κ1) is 9.66. The molecule has 2 aliphatic rings. The number of hydrogen-bond donors (Lipinski definition) is 0. The molecule has 4 rings (SSSR count). The highest BCUT2D eigenvalue weighted by molar-refractivity contribution is 5.92. The van der Waals surface area contributed by atoms with Gasteiger partial charge in [-0.25, -0.2) is 0 Å². The van der Waals surface area contributed by atoms with Crippen LogP contribution in [0.3, 0.4) is 0 Å². The molecule has 0 radical (unpaired) electrons. The normalized spacial score (nSPS) is 14.4. The van der Waals surface area contributed by atoms with Crippen molar-refractivity contribution in [3.05, 3.63) is 63.5 Å². The van der Waals surface area contributed by atoms with Crippen LogP contribution in [-0.4, -0.2) is 6.21 Å². The topological polar surface area (TPSA) is 21.6 Å². The molecular weight excluding hydrogens is 222 g/mol. The van der Waals surface area contributed by atoms with Gasteiger partial charge < -0.3 is 4.84 Å². The maximum Gasteiger partial charge on any atom is 0.169 e. The minimum atomic E-state index is 0.903. The fraction of sp³-hybridized carbons (Fsp3) is 0.0625. The lowest BCUT2D eigenvalue weighted by Gasteiger charge is -2.16. The molecule has 0 fully saturated rings. The van der Waals surface area contributed by atoms with E-state index < -0.39 is 0 Å². The van der Waals surface area contributed by atoms with Crippen LogP contribution in [-0.2, 0) is 6.42 Å². The van der Waals surface area contributed by atoms with E-state index in [4.69, 9.17) is 4.84 Å². The van der Waals surface area contributed by atoms with Crippen molar-refractivity contribution in [2.45, 2.75) is 6.42 Å². The van der Waals surface area contributed by atoms with Gasteiger partial charge in [0.1, 0.15) is 0 Å². The molecule has 0 unspecified atom stereocenters. The van der Waals surface area contributed by atoms with E-state index in [2.05, 4.69) is 47.6 Å². The first-order valence-corrected chi connectivity index (χ1v) is 6.04. The molecule has 0 atom stereocenters. The van der Waals surface area contributed by atoms with Crippen LogP contribution in [0.4, 0.5) is 0 Å². The van der Waals surface area contributed by atoms with Crippen LogP contribution in [0.2, 0.25) is 0 Å². The number of nitrogens with zero attached hydrogens (tertiary/aromatic N) is 1. The predicted molar refractivity (Wildman–Crippen MR) is 72.1 cm³/mol. The maximum absolute atomic E-state index is 5.46. The minimum absolute atomic E-state index is 0.903. The average Bonchev–Trinajstić information content (AvgIpc) is 2.45. The van der Waals surface area contributed by atoms with Gasteiger partial charge in [-0.1, -0.05) is 41.6 Å². The van der Waals surface area contributed by atoms with Crippen molar-refractivity contribution < 1.29 is 4.84 Å². The van der Waals surface area contributed by atoms with E-state index in [9.17, 15) is 0 Å². The molecule has 2 aromatic rings. The van der Waals surface area contributed by atoms with Crippen molar-refractivity contribution in [2.75, 3.05) is 0 Å². The van der Waals surface area contributed by atoms with Gasteiger partial charge in [-0.2, -0.15) is 0 Å². The number of rotatable bonds is 0. The predicted octanol–water partition coefficient (Wildman–Crippen LogP) is 1.58. The summed E-state index contributed by atoms with van der Waals surface area (Å²) in [6.07, 6.45) is 6.81. The van der Waals surface area contributed by atoms with Crippen LogP contribution < -0.4 is 15.3 Å². The Balaban J connectivity index is 2.05. The molecule has 1 aliphatic heterocycles. The second-order valence-electron chi connectivity index (χ2n) is 4.58. The zero-order valence-electron chi connectivity index (χ0n) is 9.76. The number of benzene rings is 2. The lowest BCUT2D eigenvalue weighted by atomic mass is 9.91. The molecule has 0 spiro atoms. The zero-order valence-corrected chi connectivity index (χ0v) is 9.76. The van der Waals surface area contributed by atoms with Crippen LogP contribution in [0.5, 0.6) is 5.75 Å². The van der Waals surface area contributed by atoms with Gasteiger partial charge in [-0.15, -0.1) is 0 Å². The van der Waals surface area contributed by atoms with E-state index in [1.165, 1.54) is 21.9 Å². The summed E-state index contributed by atoms with van der Waals surface area (Å²) in [7, 11) is 0. The third-order valence-electron chi connectivity index (χ3n) is 3.52. The summed E-state index contributed by atoms with van der Waals surface area (Å²) >= 11 is 0. The molecule has 18 heavy (non-hydrogen) atoms. The summed E-state index contributed by atoms with van der Waals surface area (Å²) in [5.74, 6) is 0.903. The number of fused-ring (bicyclic) bond motifs is 4. The quantitative estimate of drug-likeness (QED) is 0.577. The van der Waals surface area contributed by atoms with Crippen LogP contribution in [0.15, 0.2) is 41.6 Å². The van der Waals surface area contributed by atoms with E-state index in [0.29, 0.717) is 0 Å². The molecule has 86 valence electrons. The molecule has 0 bridgehead atoms. The number of hydrogen-bond acceptors (Lipinski definition) is 2. The molecule has 0 N–H and O–H groups in total. The van der Waals surface area contributed by atoms with Crippen molar-refractivity contribution >= 4 is 18.4 Å². The second-order valence-corrected chi connectivity index (χ2v) is 4.58. The van der Waals surface area contributed by atoms with Crippen molar-refractivity contribution in [1.29, 1.82) is 0 Å². The van der Waals surface area contributed by atoms with Crippen LogP contribution in [0, 0.1) is 0 Å². The smallest absolute Gasteiger partial charge is 0.169 e. The van der Waals surface area contributed by atoms with Crippen molar-refractivity contribution in [3.63, 3.8) is 0 Å². The summed E-state index contributed by atoms with van der Waals surface area (Å²) in [5, 5.41) is 6.23. The largest absolute Gasteiger partial charge is 0.356 e. The lowest BCUT2D eigenvalue weighted by molar-refractivity contribution is 0.335. The molecule has 1 heterocycles. The van der Waals surface area contributed by atoms with E-state index in [0.717, 1.165) is 17.4 Å². The second kappa shape index (κ2) is 3.57. The van der Waals surface area contributed by atoms with Crippen molar-refractivity contribution in [2.24, 2.45) is 5.16 Å². The molecule has 1 aliphatic carbocycles. The summed E-state index contributed by atoms with van der Waals surface area (Å²) in [6.45, 7) is 0. The zero-order chi connectivity index (χ0) is 11.9. The molecule has 0 aromatic heterocycles. The SMILES string of the molecule is C1=NOc2c3c(ccc2=C1)=Cc1ccccc1C3. The standard InChI is InChI=1S/C16H11NO/c1-2-4-13-10-15-14(9-12(13)3-1)6-5-11-7-8-17-18-16(11)15/h1-9H,10H2. The summed E-state index contributed by atoms with van der Waals surface area (Å²) in [6, 6.07) is 12.7. The Kier molecular flexibility index (Phi) is 1.92. The Morgan fingerprint density at radius 3 is 2.89 bits per heavy atom. The van der Waals surface area contributed by atoms with Gasteiger partial charge in [-0.3, -0.25) is 0 Å². The number of oxime groups is 1. The highest BCUT2D eigenvalue weighted by atomic mass is 16.6. The van der Waals surface area contributed by atoms with Gasteiger partial charge in [-0.05, 0) is 28.5 Å². The molecule has 0 saturated heterocycles. The summed E-state index contributed by atoms with van der Waals surface area (Å²) < 4.78 is 0. The fourth-order valence-corrected chi connectivity index (χ4v) is 2.61. The molecule has 2 nitrogen and oxygen atoms in total. The summed E-state index contributed by atoms with van der Waals surface area (Å²) in [4.78, 5) is 5.46. The summed E-state index contributed by atoms with van der Waals surface area (Å²) in [5.41, 5.74) is 3.88. The Morgan fingerprint density at radius 2 is 1.89 bits per heavy atom.